The lowest BCUT2D eigenvalue weighted by Gasteiger charge is -2.13. The second-order valence-electron chi connectivity index (χ2n) is 4.43. The lowest BCUT2D eigenvalue weighted by atomic mass is 10.1. The van der Waals surface area contributed by atoms with E-state index in [-0.39, 0.29) is 5.84 Å². The van der Waals surface area contributed by atoms with Gasteiger partial charge in [0.05, 0.1) is 0 Å². The number of pyridine rings is 1. The third-order valence-corrected chi connectivity index (χ3v) is 2.93. The van der Waals surface area contributed by atoms with Crippen molar-refractivity contribution in [1.29, 1.82) is 5.41 Å². The monoisotopic (exact) mass is 255 g/mol. The fourth-order valence-corrected chi connectivity index (χ4v) is 1.97. The molecule has 4 nitrogen and oxygen atoms in total. The number of ether oxygens (including phenoxy) is 1. The lowest BCUT2D eigenvalue weighted by molar-refractivity contribution is 0.301. The van der Waals surface area contributed by atoms with Crippen molar-refractivity contribution in [2.24, 2.45) is 5.73 Å². The number of nitrogens with zero attached hydrogens (tertiary/aromatic N) is 1. The Hall–Kier alpha value is -2.36. The van der Waals surface area contributed by atoms with Crippen LogP contribution in [0, 0.1) is 19.3 Å². The highest BCUT2D eigenvalue weighted by atomic mass is 16.5. The Bertz CT molecular complexity index is 588. The van der Waals surface area contributed by atoms with E-state index in [1.54, 1.807) is 6.20 Å². The van der Waals surface area contributed by atoms with Gasteiger partial charge < -0.3 is 10.5 Å². The summed E-state index contributed by atoms with van der Waals surface area (Å²) in [6.07, 6.45) is 1.62. The first-order valence-electron chi connectivity index (χ1n) is 6.07. The first-order valence-corrected chi connectivity index (χ1v) is 6.07. The summed E-state index contributed by atoms with van der Waals surface area (Å²) in [5.41, 5.74) is 8.99. The van der Waals surface area contributed by atoms with Crippen LogP contribution in [-0.4, -0.2) is 10.8 Å². The summed E-state index contributed by atoms with van der Waals surface area (Å²) in [4.78, 5) is 4.11. The van der Waals surface area contributed by atoms with Crippen LogP contribution in [0.2, 0.25) is 0 Å². The fourth-order valence-electron chi connectivity index (χ4n) is 1.97. The second kappa shape index (κ2) is 5.52. The Labute approximate surface area is 112 Å². The van der Waals surface area contributed by atoms with Crippen LogP contribution in [0.1, 0.15) is 22.4 Å². The zero-order valence-corrected chi connectivity index (χ0v) is 11.1. The van der Waals surface area contributed by atoms with Crippen LogP contribution in [0.3, 0.4) is 0 Å². The van der Waals surface area contributed by atoms with Gasteiger partial charge in [-0.1, -0.05) is 24.3 Å². The van der Waals surface area contributed by atoms with Gasteiger partial charge in [-0.3, -0.25) is 10.4 Å². The second-order valence-corrected chi connectivity index (χ2v) is 4.43. The van der Waals surface area contributed by atoms with Gasteiger partial charge in [-0.25, -0.2) is 0 Å². The van der Waals surface area contributed by atoms with Crippen molar-refractivity contribution in [3.8, 4) is 5.75 Å². The molecule has 1 aromatic carbocycles. The Morgan fingerprint density at radius 2 is 1.89 bits per heavy atom. The first-order chi connectivity index (χ1) is 9.09. The molecular weight excluding hydrogens is 238 g/mol. The Balaban J connectivity index is 2.22. The fraction of sp³-hybridized carbons (Fsp3) is 0.200. The molecule has 0 fully saturated rings. The molecular formula is C15H17N3O. The number of aryl methyl sites for hydroxylation is 2. The van der Waals surface area contributed by atoms with E-state index >= 15 is 0 Å². The Kier molecular flexibility index (Phi) is 3.80. The molecule has 0 saturated heterocycles. The third kappa shape index (κ3) is 2.91. The maximum atomic E-state index is 7.50. The number of para-hydroxylation sites is 1. The number of amidine groups is 1. The summed E-state index contributed by atoms with van der Waals surface area (Å²) in [6, 6.07) is 9.71. The quantitative estimate of drug-likeness (QED) is 0.651. The van der Waals surface area contributed by atoms with Crippen molar-refractivity contribution in [2.75, 3.05) is 0 Å². The van der Waals surface area contributed by atoms with Gasteiger partial charge in [0.2, 0.25) is 0 Å². The molecule has 0 radical (unpaired) electrons. The molecule has 19 heavy (non-hydrogen) atoms. The normalized spacial score (nSPS) is 10.2. The minimum atomic E-state index is -0.0410. The highest BCUT2D eigenvalue weighted by Crippen LogP contribution is 2.23. The molecule has 98 valence electrons. The molecule has 0 aliphatic carbocycles. The largest absolute Gasteiger partial charge is 0.488 e. The minimum Gasteiger partial charge on any atom is -0.488 e. The topological polar surface area (TPSA) is 72.0 Å². The van der Waals surface area contributed by atoms with Crippen LogP contribution >= 0.6 is 0 Å². The number of nitrogens with two attached hydrogens (primary N) is 1. The molecule has 1 heterocycles. The summed E-state index contributed by atoms with van der Waals surface area (Å²) in [5.74, 6) is 0.835. The number of benzene rings is 1. The van der Waals surface area contributed by atoms with Crippen LogP contribution in [0.15, 0.2) is 36.5 Å². The number of nitrogens with one attached hydrogen (secondary N) is 1. The van der Waals surface area contributed by atoms with E-state index in [0.717, 1.165) is 22.4 Å². The lowest BCUT2D eigenvalue weighted by Crippen LogP contribution is -2.16. The van der Waals surface area contributed by atoms with E-state index in [4.69, 9.17) is 15.9 Å². The van der Waals surface area contributed by atoms with Gasteiger partial charge in [0.25, 0.3) is 0 Å². The zero-order chi connectivity index (χ0) is 13.8. The van der Waals surface area contributed by atoms with Gasteiger partial charge in [-0.15, -0.1) is 0 Å². The van der Waals surface area contributed by atoms with Gasteiger partial charge >= 0.3 is 0 Å². The van der Waals surface area contributed by atoms with Crippen LogP contribution in [0.5, 0.6) is 5.75 Å². The number of aromatic nitrogens is 1. The van der Waals surface area contributed by atoms with E-state index in [1.807, 2.05) is 44.2 Å². The molecule has 2 rings (SSSR count). The van der Waals surface area contributed by atoms with E-state index in [1.165, 1.54) is 0 Å². The van der Waals surface area contributed by atoms with Gasteiger partial charge in [-0.05, 0) is 31.0 Å². The average molecular weight is 255 g/mol. The Morgan fingerprint density at radius 3 is 2.53 bits per heavy atom. The van der Waals surface area contributed by atoms with Crippen molar-refractivity contribution < 1.29 is 4.74 Å². The predicted molar refractivity (Wildman–Crippen MR) is 75.5 cm³/mol. The number of nitrogen functional groups attached to an aromatic ring is 1. The first kappa shape index (κ1) is 13.1. The minimum absolute atomic E-state index is 0.0410. The number of rotatable bonds is 4. The summed E-state index contributed by atoms with van der Waals surface area (Å²) in [7, 11) is 0. The van der Waals surface area contributed by atoms with Gasteiger partial charge in [0.1, 0.15) is 23.9 Å². The molecule has 0 atom stereocenters. The Morgan fingerprint density at radius 1 is 1.21 bits per heavy atom. The summed E-state index contributed by atoms with van der Waals surface area (Å²) >= 11 is 0. The van der Waals surface area contributed by atoms with Gasteiger partial charge in [0, 0.05) is 11.8 Å². The molecule has 3 N–H and O–H groups in total. The van der Waals surface area contributed by atoms with Crippen molar-refractivity contribution in [3.05, 3.63) is 58.9 Å². The molecule has 0 unspecified atom stereocenters. The molecule has 0 aliphatic heterocycles. The van der Waals surface area contributed by atoms with Crippen LogP contribution in [0.25, 0.3) is 0 Å². The number of hydrogen-bond acceptors (Lipinski definition) is 3. The van der Waals surface area contributed by atoms with E-state index in [2.05, 4.69) is 4.98 Å². The smallest absolute Gasteiger partial charge is 0.142 e. The van der Waals surface area contributed by atoms with Crippen molar-refractivity contribution in [3.63, 3.8) is 0 Å². The molecule has 0 bridgehead atoms. The van der Waals surface area contributed by atoms with Crippen molar-refractivity contribution >= 4 is 5.84 Å². The van der Waals surface area contributed by atoms with E-state index in [0.29, 0.717) is 12.3 Å². The van der Waals surface area contributed by atoms with E-state index < -0.39 is 0 Å². The average Bonchev–Trinajstić information content (AvgIpc) is 2.38. The van der Waals surface area contributed by atoms with Crippen molar-refractivity contribution in [1.82, 2.24) is 4.98 Å². The van der Waals surface area contributed by atoms with Crippen LogP contribution in [-0.2, 0) is 6.61 Å². The highest BCUT2D eigenvalue weighted by molar-refractivity contribution is 5.94. The molecule has 0 spiro atoms. The van der Waals surface area contributed by atoms with E-state index in [9.17, 15) is 0 Å². The SMILES string of the molecule is Cc1cccc(C)c1OCc1cccnc1C(=N)N. The van der Waals surface area contributed by atoms with Gasteiger partial charge in [0.15, 0.2) is 0 Å². The molecule has 0 aliphatic rings. The molecule has 4 heteroatoms. The predicted octanol–water partition coefficient (Wildman–Crippen LogP) is 2.56. The summed E-state index contributed by atoms with van der Waals surface area (Å²) in [6.45, 7) is 4.38. The number of hydrogen-bond donors (Lipinski definition) is 2. The molecule has 0 amide bonds. The third-order valence-electron chi connectivity index (χ3n) is 2.93. The van der Waals surface area contributed by atoms with Crippen molar-refractivity contribution in [2.45, 2.75) is 20.5 Å². The summed E-state index contributed by atoms with van der Waals surface area (Å²) < 4.78 is 5.85. The molecule has 0 saturated carbocycles. The van der Waals surface area contributed by atoms with Crippen LogP contribution < -0.4 is 10.5 Å². The standard InChI is InChI=1S/C15H17N3O/c1-10-5-3-6-11(2)14(10)19-9-12-7-4-8-18-13(12)15(16)17/h3-8H,9H2,1-2H3,(H3,16,17). The molecule has 1 aromatic heterocycles. The maximum Gasteiger partial charge on any atom is 0.142 e. The van der Waals surface area contributed by atoms with Crippen LogP contribution in [0.4, 0.5) is 0 Å². The molecule has 2 aromatic rings. The zero-order valence-electron chi connectivity index (χ0n) is 11.1. The maximum absolute atomic E-state index is 7.50. The highest BCUT2D eigenvalue weighted by Gasteiger charge is 2.09. The van der Waals surface area contributed by atoms with Gasteiger partial charge in [-0.2, -0.15) is 0 Å². The summed E-state index contributed by atoms with van der Waals surface area (Å²) in [5, 5.41) is 7.50.